The molecule has 1 aliphatic carbocycles. The van der Waals surface area contributed by atoms with Crippen molar-refractivity contribution in [2.45, 2.75) is 39.5 Å². The normalized spacial score (nSPS) is 14.4. The maximum absolute atomic E-state index is 14.6. The van der Waals surface area contributed by atoms with Crippen LogP contribution in [0, 0.1) is 12.7 Å². The number of aromatic nitrogens is 1. The predicted molar refractivity (Wildman–Crippen MR) is 84.9 cm³/mol. The Morgan fingerprint density at radius 1 is 1.35 bits per heavy atom. The van der Waals surface area contributed by atoms with Crippen LogP contribution in [0.2, 0.25) is 0 Å². The predicted octanol–water partition coefficient (Wildman–Crippen LogP) is 4.76. The van der Waals surface area contributed by atoms with Crippen LogP contribution in [-0.2, 0) is 12.8 Å². The van der Waals surface area contributed by atoms with Crippen LogP contribution in [-0.4, -0.2) is 11.5 Å². The van der Waals surface area contributed by atoms with Gasteiger partial charge in [-0.3, -0.25) is 4.98 Å². The Morgan fingerprint density at radius 3 is 2.85 bits per heavy atom. The highest BCUT2D eigenvalue weighted by atomic mass is 79.9. The summed E-state index contributed by atoms with van der Waals surface area (Å²) in [5.74, 6) is -0.206. The first kappa shape index (κ1) is 13.8. The average molecular weight is 337 g/mol. The highest BCUT2D eigenvalue weighted by Crippen LogP contribution is 2.38. The number of hydrogen-bond donors (Lipinski definition) is 1. The van der Waals surface area contributed by atoms with E-state index in [4.69, 9.17) is 4.98 Å². The number of hydrogen-bond acceptors (Lipinski definition) is 2. The van der Waals surface area contributed by atoms with E-state index in [0.29, 0.717) is 9.86 Å². The minimum atomic E-state index is -0.206. The number of nitrogens with one attached hydrogen (secondary N) is 1. The molecule has 0 bridgehead atoms. The minimum absolute atomic E-state index is 0.206. The van der Waals surface area contributed by atoms with Crippen LogP contribution in [0.15, 0.2) is 10.5 Å². The number of halogens is 2. The smallest absolute Gasteiger partial charge is 0.148 e. The lowest BCUT2D eigenvalue weighted by Gasteiger charge is -2.22. The molecule has 1 aromatic carbocycles. The van der Waals surface area contributed by atoms with Gasteiger partial charge in [0.1, 0.15) is 5.82 Å². The lowest BCUT2D eigenvalue weighted by atomic mass is 9.92. The summed E-state index contributed by atoms with van der Waals surface area (Å²) in [6, 6.07) is 1.82. The maximum atomic E-state index is 14.6. The fourth-order valence-electron chi connectivity index (χ4n) is 3.05. The second-order valence-electron chi connectivity index (χ2n) is 5.36. The third kappa shape index (κ3) is 2.10. The number of fused-ring (bicyclic) bond motifs is 2. The molecule has 0 radical (unpaired) electrons. The van der Waals surface area contributed by atoms with Gasteiger partial charge in [0, 0.05) is 12.2 Å². The summed E-state index contributed by atoms with van der Waals surface area (Å²) in [6.07, 6.45) is 4.33. The van der Waals surface area contributed by atoms with Gasteiger partial charge in [-0.15, -0.1) is 0 Å². The Bertz CT molecular complexity index is 682. The molecule has 106 valence electrons. The zero-order chi connectivity index (χ0) is 14.3. The van der Waals surface area contributed by atoms with Crippen LogP contribution >= 0.6 is 15.9 Å². The summed E-state index contributed by atoms with van der Waals surface area (Å²) in [7, 11) is 0. The monoisotopic (exact) mass is 336 g/mol. The fraction of sp³-hybridized carbons (Fsp3) is 0.438. The second kappa shape index (κ2) is 5.32. The van der Waals surface area contributed by atoms with Gasteiger partial charge in [-0.1, -0.05) is 0 Å². The lowest BCUT2D eigenvalue weighted by molar-refractivity contribution is 0.630. The van der Waals surface area contributed by atoms with E-state index >= 15 is 0 Å². The zero-order valence-electron chi connectivity index (χ0n) is 11.8. The van der Waals surface area contributed by atoms with Gasteiger partial charge in [0.25, 0.3) is 0 Å². The zero-order valence-corrected chi connectivity index (χ0v) is 13.4. The van der Waals surface area contributed by atoms with Crippen molar-refractivity contribution in [3.05, 3.63) is 33.2 Å². The molecule has 0 atom stereocenters. The van der Waals surface area contributed by atoms with Crippen molar-refractivity contribution in [3.63, 3.8) is 0 Å². The van der Waals surface area contributed by atoms with Crippen molar-refractivity contribution in [2.24, 2.45) is 0 Å². The number of benzene rings is 1. The SMILES string of the molecule is CCNc1c2c(nc3c(C)cc(Br)c(F)c13)CCCC2. The Morgan fingerprint density at radius 2 is 2.10 bits per heavy atom. The quantitative estimate of drug-likeness (QED) is 0.855. The third-order valence-corrected chi connectivity index (χ3v) is 4.55. The molecule has 0 amide bonds. The topological polar surface area (TPSA) is 24.9 Å². The first-order chi connectivity index (χ1) is 9.63. The average Bonchev–Trinajstić information content (AvgIpc) is 2.45. The molecule has 20 heavy (non-hydrogen) atoms. The Hall–Kier alpha value is -1.16. The molecule has 1 heterocycles. The molecule has 0 aliphatic heterocycles. The second-order valence-corrected chi connectivity index (χ2v) is 6.22. The molecule has 2 nitrogen and oxygen atoms in total. The van der Waals surface area contributed by atoms with Crippen LogP contribution in [0.1, 0.15) is 36.6 Å². The van der Waals surface area contributed by atoms with E-state index in [1.54, 1.807) is 0 Å². The van der Waals surface area contributed by atoms with Gasteiger partial charge in [-0.05, 0) is 72.7 Å². The van der Waals surface area contributed by atoms with E-state index in [9.17, 15) is 4.39 Å². The van der Waals surface area contributed by atoms with Crippen LogP contribution in [0.4, 0.5) is 10.1 Å². The summed E-state index contributed by atoms with van der Waals surface area (Å²) in [4.78, 5) is 4.76. The van der Waals surface area contributed by atoms with E-state index in [0.717, 1.165) is 48.3 Å². The fourth-order valence-corrected chi connectivity index (χ4v) is 3.60. The van der Waals surface area contributed by atoms with Crippen molar-refractivity contribution in [1.29, 1.82) is 0 Å². The van der Waals surface area contributed by atoms with Crippen LogP contribution < -0.4 is 5.32 Å². The Labute approximate surface area is 126 Å². The van der Waals surface area contributed by atoms with Gasteiger partial charge >= 0.3 is 0 Å². The first-order valence-electron chi connectivity index (χ1n) is 7.17. The van der Waals surface area contributed by atoms with Crippen molar-refractivity contribution in [1.82, 2.24) is 4.98 Å². The number of rotatable bonds is 2. The van der Waals surface area contributed by atoms with Gasteiger partial charge in [-0.2, -0.15) is 0 Å². The Balaban J connectivity index is 2.42. The molecule has 1 aliphatic rings. The lowest BCUT2D eigenvalue weighted by Crippen LogP contribution is -2.12. The molecule has 0 unspecified atom stereocenters. The molecule has 1 N–H and O–H groups in total. The van der Waals surface area contributed by atoms with Gasteiger partial charge < -0.3 is 5.32 Å². The molecule has 3 rings (SSSR count). The van der Waals surface area contributed by atoms with Crippen molar-refractivity contribution in [2.75, 3.05) is 11.9 Å². The van der Waals surface area contributed by atoms with Gasteiger partial charge in [0.15, 0.2) is 0 Å². The van der Waals surface area contributed by atoms with Gasteiger partial charge in [-0.25, -0.2) is 4.39 Å². The van der Waals surface area contributed by atoms with Crippen LogP contribution in [0.5, 0.6) is 0 Å². The summed E-state index contributed by atoms with van der Waals surface area (Å²) >= 11 is 3.32. The van der Waals surface area contributed by atoms with E-state index in [1.807, 2.05) is 19.9 Å². The van der Waals surface area contributed by atoms with Gasteiger partial charge in [0.2, 0.25) is 0 Å². The van der Waals surface area contributed by atoms with Crippen molar-refractivity contribution >= 4 is 32.5 Å². The number of anilines is 1. The van der Waals surface area contributed by atoms with Crippen LogP contribution in [0.25, 0.3) is 10.9 Å². The van der Waals surface area contributed by atoms with Crippen molar-refractivity contribution in [3.8, 4) is 0 Å². The molecule has 0 spiro atoms. The minimum Gasteiger partial charge on any atom is -0.384 e. The molecule has 1 aromatic heterocycles. The molecule has 0 fully saturated rings. The maximum Gasteiger partial charge on any atom is 0.148 e. The standard InChI is InChI=1S/C16H18BrFN2/c1-3-19-16-10-6-4-5-7-12(10)20-15-9(2)8-11(17)14(18)13(15)16/h8H,3-7H2,1-2H3,(H,19,20). The summed E-state index contributed by atoms with van der Waals surface area (Å²) in [6.45, 7) is 4.82. The highest BCUT2D eigenvalue weighted by Gasteiger charge is 2.22. The number of pyridine rings is 1. The summed E-state index contributed by atoms with van der Waals surface area (Å²) < 4.78 is 15.1. The molecule has 0 saturated heterocycles. The highest BCUT2D eigenvalue weighted by molar-refractivity contribution is 9.10. The van der Waals surface area contributed by atoms with E-state index in [2.05, 4.69) is 21.2 Å². The largest absolute Gasteiger partial charge is 0.384 e. The summed E-state index contributed by atoms with van der Waals surface area (Å²) in [5, 5.41) is 4.01. The van der Waals surface area contributed by atoms with Gasteiger partial charge in [0.05, 0.1) is 21.1 Å². The molecule has 2 aromatic rings. The molecule has 0 saturated carbocycles. The Kier molecular flexibility index (Phi) is 3.67. The number of nitrogens with zero attached hydrogens (tertiary/aromatic N) is 1. The van der Waals surface area contributed by atoms with E-state index in [1.165, 1.54) is 12.0 Å². The first-order valence-corrected chi connectivity index (χ1v) is 7.96. The molecule has 4 heteroatoms. The van der Waals surface area contributed by atoms with E-state index < -0.39 is 0 Å². The number of aryl methyl sites for hydroxylation is 2. The molecular formula is C16H18BrFN2. The summed E-state index contributed by atoms with van der Waals surface area (Å²) in [5.41, 5.74) is 5.11. The van der Waals surface area contributed by atoms with Crippen molar-refractivity contribution < 1.29 is 4.39 Å². The van der Waals surface area contributed by atoms with E-state index in [-0.39, 0.29) is 5.82 Å². The van der Waals surface area contributed by atoms with Crippen LogP contribution in [0.3, 0.4) is 0 Å². The molecular weight excluding hydrogens is 319 g/mol. The third-order valence-electron chi connectivity index (χ3n) is 3.97.